The third-order valence-electron chi connectivity index (χ3n) is 3.35. The summed E-state index contributed by atoms with van der Waals surface area (Å²) in [6.45, 7) is 3.99. The molecule has 1 heterocycles. The van der Waals surface area contributed by atoms with E-state index in [0.29, 0.717) is 12.0 Å². The van der Waals surface area contributed by atoms with Gasteiger partial charge in [0.2, 0.25) is 0 Å². The van der Waals surface area contributed by atoms with E-state index in [1.807, 2.05) is 30.3 Å². The molecule has 0 bridgehead atoms. The number of carbonyl (C=O) groups excluding carboxylic acids is 1. The van der Waals surface area contributed by atoms with Crippen molar-refractivity contribution in [1.29, 1.82) is 0 Å². The molecule has 1 aliphatic rings. The molecule has 2 unspecified atom stereocenters. The highest BCUT2D eigenvalue weighted by molar-refractivity contribution is 5.94. The number of amides is 1. The first-order chi connectivity index (χ1) is 8.25. The summed E-state index contributed by atoms with van der Waals surface area (Å²) in [7, 11) is 0. The van der Waals surface area contributed by atoms with E-state index in [1.165, 1.54) is 12.8 Å². The van der Waals surface area contributed by atoms with Crippen molar-refractivity contribution in [1.82, 2.24) is 10.6 Å². The van der Waals surface area contributed by atoms with Gasteiger partial charge in [-0.05, 0) is 44.4 Å². The summed E-state index contributed by atoms with van der Waals surface area (Å²) < 4.78 is 0. The second-order valence-electron chi connectivity index (χ2n) is 4.83. The fraction of sp³-hybridized carbons (Fsp3) is 0.500. The van der Waals surface area contributed by atoms with Crippen LogP contribution in [0.2, 0.25) is 0 Å². The van der Waals surface area contributed by atoms with Crippen LogP contribution in [0.15, 0.2) is 30.3 Å². The minimum Gasteiger partial charge on any atom is -0.352 e. The molecule has 0 aliphatic carbocycles. The molecular formula is C14H20N2O. The van der Waals surface area contributed by atoms with Gasteiger partial charge < -0.3 is 10.6 Å². The van der Waals surface area contributed by atoms with Crippen LogP contribution in [0, 0.1) is 5.92 Å². The molecule has 92 valence electrons. The first-order valence-electron chi connectivity index (χ1n) is 6.32. The predicted molar refractivity (Wildman–Crippen MR) is 69.0 cm³/mol. The molecule has 0 saturated carbocycles. The number of hydrogen-bond acceptors (Lipinski definition) is 2. The smallest absolute Gasteiger partial charge is 0.251 e. The van der Waals surface area contributed by atoms with E-state index >= 15 is 0 Å². The van der Waals surface area contributed by atoms with Gasteiger partial charge in [-0.2, -0.15) is 0 Å². The van der Waals surface area contributed by atoms with Gasteiger partial charge in [-0.25, -0.2) is 0 Å². The maximum absolute atomic E-state index is 11.8. The van der Waals surface area contributed by atoms with Crippen LogP contribution >= 0.6 is 0 Å². The third kappa shape index (κ3) is 3.56. The zero-order valence-electron chi connectivity index (χ0n) is 10.3. The summed E-state index contributed by atoms with van der Waals surface area (Å²) in [5, 5.41) is 6.45. The van der Waals surface area contributed by atoms with Crippen molar-refractivity contribution < 1.29 is 4.79 Å². The normalized spacial score (nSPS) is 24.3. The lowest BCUT2D eigenvalue weighted by molar-refractivity contribution is 0.0944. The second-order valence-corrected chi connectivity index (χ2v) is 4.83. The Hall–Kier alpha value is -1.35. The maximum atomic E-state index is 11.8. The number of nitrogens with one attached hydrogen (secondary N) is 2. The first-order valence-corrected chi connectivity index (χ1v) is 6.32. The number of hydrogen-bond donors (Lipinski definition) is 2. The van der Waals surface area contributed by atoms with Crippen molar-refractivity contribution in [3.05, 3.63) is 35.9 Å². The Morgan fingerprint density at radius 2 is 2.12 bits per heavy atom. The van der Waals surface area contributed by atoms with E-state index in [4.69, 9.17) is 0 Å². The monoisotopic (exact) mass is 232 g/mol. The lowest BCUT2D eigenvalue weighted by Gasteiger charge is -2.27. The molecule has 0 aromatic heterocycles. The SMILES string of the molecule is CC1CCC(CNC(=O)c2ccccc2)CN1. The molecule has 1 fully saturated rings. The summed E-state index contributed by atoms with van der Waals surface area (Å²) >= 11 is 0. The van der Waals surface area contributed by atoms with Crippen molar-refractivity contribution in [2.24, 2.45) is 5.92 Å². The lowest BCUT2D eigenvalue weighted by Crippen LogP contribution is -2.41. The van der Waals surface area contributed by atoms with Crippen LogP contribution in [0.3, 0.4) is 0 Å². The van der Waals surface area contributed by atoms with E-state index < -0.39 is 0 Å². The van der Waals surface area contributed by atoms with Gasteiger partial charge in [0.25, 0.3) is 5.91 Å². The van der Waals surface area contributed by atoms with Crippen molar-refractivity contribution in [3.63, 3.8) is 0 Å². The highest BCUT2D eigenvalue weighted by Crippen LogP contribution is 2.13. The average Bonchev–Trinajstić information content (AvgIpc) is 2.39. The largest absolute Gasteiger partial charge is 0.352 e. The van der Waals surface area contributed by atoms with Gasteiger partial charge in [0.1, 0.15) is 0 Å². The van der Waals surface area contributed by atoms with E-state index in [9.17, 15) is 4.79 Å². The molecule has 2 N–H and O–H groups in total. The Morgan fingerprint density at radius 3 is 2.76 bits per heavy atom. The fourth-order valence-electron chi connectivity index (χ4n) is 2.16. The Balaban J connectivity index is 1.77. The molecule has 2 atom stereocenters. The van der Waals surface area contributed by atoms with E-state index in [1.54, 1.807) is 0 Å². The van der Waals surface area contributed by atoms with Crippen LogP contribution in [0.4, 0.5) is 0 Å². The number of piperidine rings is 1. The molecule has 0 spiro atoms. The van der Waals surface area contributed by atoms with E-state index in [0.717, 1.165) is 18.7 Å². The predicted octanol–water partition coefficient (Wildman–Crippen LogP) is 1.80. The highest BCUT2D eigenvalue weighted by Gasteiger charge is 2.18. The molecule has 1 saturated heterocycles. The summed E-state index contributed by atoms with van der Waals surface area (Å²) in [4.78, 5) is 11.8. The Kier molecular flexibility index (Phi) is 4.15. The van der Waals surface area contributed by atoms with Crippen LogP contribution < -0.4 is 10.6 Å². The van der Waals surface area contributed by atoms with Crippen molar-refractivity contribution in [2.75, 3.05) is 13.1 Å². The van der Waals surface area contributed by atoms with Crippen LogP contribution in [-0.4, -0.2) is 25.0 Å². The Bertz CT molecular complexity index is 356. The highest BCUT2D eigenvalue weighted by atomic mass is 16.1. The molecular weight excluding hydrogens is 212 g/mol. The zero-order valence-corrected chi connectivity index (χ0v) is 10.3. The van der Waals surface area contributed by atoms with Gasteiger partial charge in [-0.15, -0.1) is 0 Å². The van der Waals surface area contributed by atoms with Gasteiger partial charge >= 0.3 is 0 Å². The Morgan fingerprint density at radius 1 is 1.35 bits per heavy atom. The topological polar surface area (TPSA) is 41.1 Å². The van der Waals surface area contributed by atoms with Crippen molar-refractivity contribution >= 4 is 5.91 Å². The van der Waals surface area contributed by atoms with Crippen LogP contribution in [-0.2, 0) is 0 Å². The lowest BCUT2D eigenvalue weighted by atomic mass is 9.95. The number of carbonyl (C=O) groups is 1. The summed E-state index contributed by atoms with van der Waals surface area (Å²) in [6.07, 6.45) is 2.40. The Labute approximate surface area is 103 Å². The number of benzene rings is 1. The van der Waals surface area contributed by atoms with Gasteiger partial charge in [-0.3, -0.25) is 4.79 Å². The standard InChI is InChI=1S/C14H20N2O/c1-11-7-8-12(9-15-11)10-16-14(17)13-5-3-2-4-6-13/h2-6,11-12,15H,7-10H2,1H3,(H,16,17). The third-order valence-corrected chi connectivity index (χ3v) is 3.35. The van der Waals surface area contributed by atoms with E-state index in [-0.39, 0.29) is 5.91 Å². The summed E-state index contributed by atoms with van der Waals surface area (Å²) in [5.41, 5.74) is 0.740. The van der Waals surface area contributed by atoms with Gasteiger partial charge in [0.15, 0.2) is 0 Å². The molecule has 2 rings (SSSR count). The number of rotatable bonds is 3. The van der Waals surface area contributed by atoms with E-state index in [2.05, 4.69) is 17.6 Å². The quantitative estimate of drug-likeness (QED) is 0.834. The first kappa shape index (κ1) is 12.1. The fourth-order valence-corrected chi connectivity index (χ4v) is 2.16. The molecule has 0 radical (unpaired) electrons. The molecule has 3 nitrogen and oxygen atoms in total. The van der Waals surface area contributed by atoms with Crippen molar-refractivity contribution in [3.8, 4) is 0 Å². The maximum Gasteiger partial charge on any atom is 0.251 e. The summed E-state index contributed by atoms with van der Waals surface area (Å²) in [5.74, 6) is 0.600. The van der Waals surface area contributed by atoms with Gasteiger partial charge in [0, 0.05) is 18.2 Å². The second kappa shape index (κ2) is 5.82. The van der Waals surface area contributed by atoms with Crippen LogP contribution in [0.5, 0.6) is 0 Å². The summed E-state index contributed by atoms with van der Waals surface area (Å²) in [6, 6.07) is 10.0. The minimum absolute atomic E-state index is 0.0317. The molecule has 1 aliphatic heterocycles. The van der Waals surface area contributed by atoms with Gasteiger partial charge in [-0.1, -0.05) is 18.2 Å². The molecule has 1 aromatic carbocycles. The minimum atomic E-state index is 0.0317. The average molecular weight is 232 g/mol. The van der Waals surface area contributed by atoms with Crippen molar-refractivity contribution in [2.45, 2.75) is 25.8 Å². The molecule has 1 aromatic rings. The molecule has 1 amide bonds. The van der Waals surface area contributed by atoms with Crippen LogP contribution in [0.25, 0.3) is 0 Å². The zero-order chi connectivity index (χ0) is 12.1. The molecule has 17 heavy (non-hydrogen) atoms. The van der Waals surface area contributed by atoms with Gasteiger partial charge in [0.05, 0.1) is 0 Å². The molecule has 3 heteroatoms. The van der Waals surface area contributed by atoms with Crippen LogP contribution in [0.1, 0.15) is 30.1 Å².